The molecule has 2 unspecified atom stereocenters. The van der Waals surface area contributed by atoms with E-state index in [1.54, 1.807) is 12.3 Å². The highest BCUT2D eigenvalue weighted by atomic mass is 16.4. The summed E-state index contributed by atoms with van der Waals surface area (Å²) >= 11 is 0. The van der Waals surface area contributed by atoms with Gasteiger partial charge in [0.2, 0.25) is 0 Å². The van der Waals surface area contributed by atoms with E-state index in [0.717, 1.165) is 5.76 Å². The number of nitrogens with one attached hydrogen (secondary N) is 2. The van der Waals surface area contributed by atoms with Crippen LogP contribution in [-0.2, 0) is 11.2 Å². The number of hydrogen-bond donors (Lipinski definition) is 3. The molecule has 0 spiro atoms. The molecule has 0 saturated heterocycles. The first-order valence-electron chi connectivity index (χ1n) is 5.78. The van der Waals surface area contributed by atoms with Crippen molar-refractivity contribution in [1.82, 2.24) is 10.6 Å². The van der Waals surface area contributed by atoms with Gasteiger partial charge in [0.15, 0.2) is 0 Å². The molecule has 1 aromatic rings. The largest absolute Gasteiger partial charge is 0.481 e. The number of carboxylic acid groups (broad SMARTS) is 1. The predicted octanol–water partition coefficient (Wildman–Crippen LogP) is 1.23. The first kappa shape index (κ1) is 14.1. The Labute approximate surface area is 105 Å². The summed E-state index contributed by atoms with van der Waals surface area (Å²) in [5.41, 5.74) is 0. The van der Waals surface area contributed by atoms with Crippen LogP contribution >= 0.6 is 0 Å². The summed E-state index contributed by atoms with van der Waals surface area (Å²) in [7, 11) is 0. The Morgan fingerprint density at radius 3 is 2.72 bits per heavy atom. The molecular weight excluding hydrogens is 236 g/mol. The van der Waals surface area contributed by atoms with E-state index in [1.807, 2.05) is 13.0 Å². The van der Waals surface area contributed by atoms with Crippen LogP contribution in [0.4, 0.5) is 4.79 Å². The normalized spacial score (nSPS) is 13.7. The molecule has 0 aliphatic rings. The second-order valence-corrected chi connectivity index (χ2v) is 4.28. The van der Waals surface area contributed by atoms with Crippen molar-refractivity contribution in [2.24, 2.45) is 5.92 Å². The predicted molar refractivity (Wildman–Crippen MR) is 65.2 cm³/mol. The van der Waals surface area contributed by atoms with E-state index in [0.29, 0.717) is 6.42 Å². The third kappa shape index (κ3) is 4.90. The molecule has 0 aromatic carbocycles. The fourth-order valence-electron chi connectivity index (χ4n) is 1.39. The maximum atomic E-state index is 11.5. The fraction of sp³-hybridized carbons (Fsp3) is 0.500. The monoisotopic (exact) mass is 254 g/mol. The van der Waals surface area contributed by atoms with Crippen LogP contribution < -0.4 is 10.6 Å². The first-order chi connectivity index (χ1) is 8.49. The van der Waals surface area contributed by atoms with E-state index in [-0.39, 0.29) is 18.6 Å². The number of rotatable bonds is 6. The molecule has 1 aromatic heterocycles. The summed E-state index contributed by atoms with van der Waals surface area (Å²) in [6.07, 6.45) is 2.17. The topological polar surface area (TPSA) is 91.6 Å². The van der Waals surface area contributed by atoms with Crippen molar-refractivity contribution in [1.29, 1.82) is 0 Å². The van der Waals surface area contributed by atoms with E-state index in [4.69, 9.17) is 9.52 Å². The van der Waals surface area contributed by atoms with E-state index < -0.39 is 11.9 Å². The first-order valence-corrected chi connectivity index (χ1v) is 5.78. The van der Waals surface area contributed by atoms with Gasteiger partial charge in [-0.1, -0.05) is 6.92 Å². The quantitative estimate of drug-likeness (QED) is 0.712. The summed E-state index contributed by atoms with van der Waals surface area (Å²) in [6, 6.07) is 3.16. The SMILES string of the molecule is CC(Cc1ccco1)NC(=O)NCC(C)C(=O)O. The van der Waals surface area contributed by atoms with Gasteiger partial charge in [-0.05, 0) is 19.1 Å². The molecule has 0 saturated carbocycles. The van der Waals surface area contributed by atoms with Gasteiger partial charge < -0.3 is 20.2 Å². The number of carbonyl (C=O) groups excluding carboxylic acids is 1. The molecule has 1 rings (SSSR count). The number of amides is 2. The van der Waals surface area contributed by atoms with Crippen LogP contribution in [-0.4, -0.2) is 29.7 Å². The van der Waals surface area contributed by atoms with E-state index in [9.17, 15) is 9.59 Å². The lowest BCUT2D eigenvalue weighted by Crippen LogP contribution is -2.43. The lowest BCUT2D eigenvalue weighted by Gasteiger charge is -2.14. The molecule has 6 nitrogen and oxygen atoms in total. The molecule has 2 atom stereocenters. The van der Waals surface area contributed by atoms with Gasteiger partial charge in [-0.15, -0.1) is 0 Å². The van der Waals surface area contributed by atoms with Gasteiger partial charge in [0.25, 0.3) is 0 Å². The second-order valence-electron chi connectivity index (χ2n) is 4.28. The highest BCUT2D eigenvalue weighted by Crippen LogP contribution is 2.03. The molecule has 0 aliphatic carbocycles. The van der Waals surface area contributed by atoms with Crippen molar-refractivity contribution in [3.05, 3.63) is 24.2 Å². The Kier molecular flexibility index (Phi) is 5.23. The van der Waals surface area contributed by atoms with Crippen molar-refractivity contribution in [2.75, 3.05) is 6.54 Å². The Hall–Kier alpha value is -1.98. The number of aliphatic carboxylic acids is 1. The Morgan fingerprint density at radius 1 is 1.44 bits per heavy atom. The minimum Gasteiger partial charge on any atom is -0.481 e. The van der Waals surface area contributed by atoms with Crippen molar-refractivity contribution in [2.45, 2.75) is 26.3 Å². The van der Waals surface area contributed by atoms with E-state index in [1.165, 1.54) is 6.92 Å². The molecule has 1 heterocycles. The standard InChI is InChI=1S/C12H18N2O4/c1-8(11(15)16)7-13-12(17)14-9(2)6-10-4-3-5-18-10/h3-5,8-9H,6-7H2,1-2H3,(H,15,16)(H2,13,14,17). The second kappa shape index (κ2) is 6.68. The number of furan rings is 1. The van der Waals surface area contributed by atoms with Gasteiger partial charge in [0, 0.05) is 19.0 Å². The number of carboxylic acids is 1. The smallest absolute Gasteiger partial charge is 0.315 e. The summed E-state index contributed by atoms with van der Waals surface area (Å²) in [5.74, 6) is -0.739. The molecule has 0 aliphatic heterocycles. The number of hydrogen-bond acceptors (Lipinski definition) is 3. The van der Waals surface area contributed by atoms with Crippen molar-refractivity contribution < 1.29 is 19.1 Å². The molecule has 18 heavy (non-hydrogen) atoms. The van der Waals surface area contributed by atoms with Gasteiger partial charge in [0.1, 0.15) is 5.76 Å². The lowest BCUT2D eigenvalue weighted by molar-refractivity contribution is -0.140. The van der Waals surface area contributed by atoms with Crippen molar-refractivity contribution in [3.63, 3.8) is 0 Å². The minimum absolute atomic E-state index is 0.0868. The van der Waals surface area contributed by atoms with E-state index in [2.05, 4.69) is 10.6 Å². The maximum absolute atomic E-state index is 11.5. The molecule has 100 valence electrons. The van der Waals surface area contributed by atoms with Crippen molar-refractivity contribution >= 4 is 12.0 Å². The van der Waals surface area contributed by atoms with Gasteiger partial charge >= 0.3 is 12.0 Å². The zero-order valence-electron chi connectivity index (χ0n) is 10.5. The van der Waals surface area contributed by atoms with Crippen LogP contribution in [0.15, 0.2) is 22.8 Å². The Bertz CT molecular complexity index is 389. The Balaban J connectivity index is 2.25. The van der Waals surface area contributed by atoms with Crippen LogP contribution in [0.5, 0.6) is 0 Å². The summed E-state index contributed by atoms with van der Waals surface area (Å²) in [6.45, 7) is 3.49. The highest BCUT2D eigenvalue weighted by Gasteiger charge is 2.13. The molecule has 0 radical (unpaired) electrons. The lowest BCUT2D eigenvalue weighted by atomic mass is 10.2. The third-order valence-corrected chi connectivity index (χ3v) is 2.46. The van der Waals surface area contributed by atoms with Gasteiger partial charge in [-0.25, -0.2) is 4.79 Å². The third-order valence-electron chi connectivity index (χ3n) is 2.46. The Morgan fingerprint density at radius 2 is 2.17 bits per heavy atom. The van der Waals surface area contributed by atoms with E-state index >= 15 is 0 Å². The van der Waals surface area contributed by atoms with Gasteiger partial charge in [-0.2, -0.15) is 0 Å². The average molecular weight is 254 g/mol. The number of carbonyl (C=O) groups is 2. The summed E-state index contributed by atoms with van der Waals surface area (Å²) in [4.78, 5) is 22.0. The molecule has 6 heteroatoms. The van der Waals surface area contributed by atoms with Crippen LogP contribution in [0.2, 0.25) is 0 Å². The summed E-state index contributed by atoms with van der Waals surface area (Å²) < 4.78 is 5.17. The molecule has 0 fully saturated rings. The fourth-order valence-corrected chi connectivity index (χ4v) is 1.39. The van der Waals surface area contributed by atoms with Crippen molar-refractivity contribution in [3.8, 4) is 0 Å². The molecule has 3 N–H and O–H groups in total. The van der Waals surface area contributed by atoms with Gasteiger partial charge in [0.05, 0.1) is 12.2 Å². The summed E-state index contributed by atoms with van der Waals surface area (Å²) in [5, 5.41) is 13.9. The average Bonchev–Trinajstić information content (AvgIpc) is 2.78. The zero-order chi connectivity index (χ0) is 13.5. The number of urea groups is 1. The maximum Gasteiger partial charge on any atom is 0.315 e. The minimum atomic E-state index is -0.932. The van der Waals surface area contributed by atoms with Crippen LogP contribution in [0.25, 0.3) is 0 Å². The van der Waals surface area contributed by atoms with Crippen LogP contribution in [0, 0.1) is 5.92 Å². The molecule has 2 amide bonds. The van der Waals surface area contributed by atoms with Crippen LogP contribution in [0.3, 0.4) is 0 Å². The van der Waals surface area contributed by atoms with Gasteiger partial charge in [-0.3, -0.25) is 4.79 Å². The highest BCUT2D eigenvalue weighted by molar-refractivity contribution is 5.75. The molecular formula is C12H18N2O4. The molecule has 0 bridgehead atoms. The van der Waals surface area contributed by atoms with Crippen LogP contribution in [0.1, 0.15) is 19.6 Å². The zero-order valence-corrected chi connectivity index (χ0v) is 10.5.